The molecule has 63 heavy (non-hydrogen) atoms. The van der Waals surface area contributed by atoms with Gasteiger partial charge in [-0.3, -0.25) is 4.99 Å². The summed E-state index contributed by atoms with van der Waals surface area (Å²) in [5.41, 5.74) is 19.7. The number of aryl methyl sites for hydroxylation is 1. The minimum absolute atomic E-state index is 0.0101. The van der Waals surface area contributed by atoms with Gasteiger partial charge in [-0.2, -0.15) is 0 Å². The Morgan fingerprint density at radius 1 is 0.635 bits per heavy atom. The van der Waals surface area contributed by atoms with E-state index in [1.165, 1.54) is 88.8 Å². The van der Waals surface area contributed by atoms with Crippen LogP contribution < -0.4 is 0 Å². The van der Waals surface area contributed by atoms with Gasteiger partial charge in [-0.05, 0) is 107 Å². The normalized spacial score (nSPS) is 21.5. The van der Waals surface area contributed by atoms with Gasteiger partial charge in [-0.25, -0.2) is 0 Å². The van der Waals surface area contributed by atoms with Crippen molar-refractivity contribution in [3.63, 3.8) is 0 Å². The summed E-state index contributed by atoms with van der Waals surface area (Å²) in [6.45, 7) is 4.78. The molecule has 0 amide bonds. The maximum absolute atomic E-state index is 5.92. The summed E-state index contributed by atoms with van der Waals surface area (Å²) in [6.07, 6.45) is 15.9. The van der Waals surface area contributed by atoms with Gasteiger partial charge in [0.1, 0.15) is 0 Å². The zero-order valence-electron chi connectivity index (χ0n) is 36.4. The van der Waals surface area contributed by atoms with E-state index in [1.54, 1.807) is 5.57 Å². The summed E-state index contributed by atoms with van der Waals surface area (Å²) >= 11 is 0. The number of hydrogen-bond donors (Lipinski definition) is 0. The van der Waals surface area contributed by atoms with Gasteiger partial charge in [0.15, 0.2) is 0 Å². The number of aliphatic imine (C=N–C) groups is 1. The number of benzene rings is 7. The smallest absolute Gasteiger partial charge is 0.0817 e. The van der Waals surface area contributed by atoms with E-state index in [1.807, 2.05) is 0 Å². The molecule has 0 fully saturated rings. The van der Waals surface area contributed by atoms with E-state index in [9.17, 15) is 0 Å². The molecule has 0 N–H and O–H groups in total. The Kier molecular flexibility index (Phi) is 10.4. The van der Waals surface area contributed by atoms with Crippen LogP contribution >= 0.6 is 0 Å². The Labute approximate surface area is 372 Å². The number of nitrogens with zero attached hydrogens (tertiary/aromatic N) is 2. The lowest BCUT2D eigenvalue weighted by atomic mass is 9.73. The predicted octanol–water partition coefficient (Wildman–Crippen LogP) is 16.1. The van der Waals surface area contributed by atoms with Gasteiger partial charge in [0, 0.05) is 45.5 Å². The van der Waals surface area contributed by atoms with Crippen LogP contribution in [0.1, 0.15) is 85.7 Å². The molecule has 3 aliphatic rings. The van der Waals surface area contributed by atoms with Gasteiger partial charge in [-0.1, -0.05) is 195 Å². The monoisotopic (exact) mass is 814 g/mol. The van der Waals surface area contributed by atoms with E-state index in [-0.39, 0.29) is 23.8 Å². The molecule has 7 aromatic carbocycles. The molecule has 11 rings (SSSR count). The summed E-state index contributed by atoms with van der Waals surface area (Å²) in [5, 5.41) is 2.60. The van der Waals surface area contributed by atoms with E-state index >= 15 is 0 Å². The van der Waals surface area contributed by atoms with Gasteiger partial charge in [0.2, 0.25) is 0 Å². The zero-order valence-corrected chi connectivity index (χ0v) is 36.4. The largest absolute Gasteiger partial charge is 0.309 e. The average molecular weight is 815 g/mol. The highest BCUT2D eigenvalue weighted by Crippen LogP contribution is 2.51. The number of hydrogen-bond acceptors (Lipinski definition) is 1. The third-order valence-electron chi connectivity index (χ3n) is 14.2. The summed E-state index contributed by atoms with van der Waals surface area (Å²) in [6, 6.07) is 63.5. The summed E-state index contributed by atoms with van der Waals surface area (Å²) < 4.78 is 2.58. The second-order valence-electron chi connectivity index (χ2n) is 17.9. The molecule has 2 aliphatic carbocycles. The molecule has 0 spiro atoms. The quantitative estimate of drug-likeness (QED) is 0.143. The maximum atomic E-state index is 5.92. The molecule has 0 saturated heterocycles. The highest BCUT2D eigenvalue weighted by molar-refractivity contribution is 6.15. The summed E-state index contributed by atoms with van der Waals surface area (Å²) in [7, 11) is 0. The molecule has 4 unspecified atom stereocenters. The fraction of sp³-hybridized carbons (Fsp3) is 0.197. The molecule has 1 aromatic heterocycles. The molecule has 0 bridgehead atoms. The lowest BCUT2D eigenvalue weighted by Gasteiger charge is -2.35. The van der Waals surface area contributed by atoms with Crippen molar-refractivity contribution in [1.82, 2.24) is 4.57 Å². The first-order valence-electron chi connectivity index (χ1n) is 23.2. The summed E-state index contributed by atoms with van der Waals surface area (Å²) in [4.78, 5) is 5.92. The van der Waals surface area contributed by atoms with Crippen molar-refractivity contribution in [2.75, 3.05) is 0 Å². The van der Waals surface area contributed by atoms with Crippen molar-refractivity contribution in [2.45, 2.75) is 64.3 Å². The molecule has 308 valence electrons. The van der Waals surface area contributed by atoms with Crippen LogP contribution in [0.15, 0.2) is 205 Å². The van der Waals surface area contributed by atoms with E-state index in [2.05, 4.69) is 213 Å². The SMILES string of the molecule is CCC1/C(C2CCc3ccccc3-c3c2ccc2c4ccccc4n(-c4cccc(C5=CCCC=C5)c4)c32)=C/CC(C)/C(c2ccc(-c3ccccc3)cc2)=N\C1c1ccccc1. The van der Waals surface area contributed by atoms with Crippen LogP contribution in [0.4, 0.5) is 0 Å². The molecule has 2 heteroatoms. The van der Waals surface area contributed by atoms with Gasteiger partial charge in [-0.15, -0.1) is 0 Å². The molecule has 0 radical (unpaired) electrons. The first kappa shape index (κ1) is 39.1. The van der Waals surface area contributed by atoms with Crippen molar-refractivity contribution in [3.8, 4) is 27.9 Å². The number of fused-ring (bicyclic) bond motifs is 7. The Morgan fingerprint density at radius 3 is 2.17 bits per heavy atom. The number of aromatic nitrogens is 1. The van der Waals surface area contributed by atoms with E-state index in [0.717, 1.165) is 38.5 Å². The van der Waals surface area contributed by atoms with Crippen molar-refractivity contribution in [2.24, 2.45) is 16.8 Å². The van der Waals surface area contributed by atoms with E-state index in [4.69, 9.17) is 4.99 Å². The van der Waals surface area contributed by atoms with Crippen molar-refractivity contribution < 1.29 is 0 Å². The van der Waals surface area contributed by atoms with E-state index in [0.29, 0.717) is 0 Å². The molecule has 2 nitrogen and oxygen atoms in total. The summed E-state index contributed by atoms with van der Waals surface area (Å²) in [5.74, 6) is 0.713. The van der Waals surface area contributed by atoms with Crippen LogP contribution in [-0.4, -0.2) is 10.3 Å². The molecular weight excluding hydrogens is 761 g/mol. The lowest BCUT2D eigenvalue weighted by Crippen LogP contribution is -2.24. The van der Waals surface area contributed by atoms with Gasteiger partial charge in [0.05, 0.1) is 17.1 Å². The van der Waals surface area contributed by atoms with Crippen LogP contribution in [-0.2, 0) is 6.42 Å². The van der Waals surface area contributed by atoms with Crippen LogP contribution in [0.5, 0.6) is 0 Å². The van der Waals surface area contributed by atoms with Crippen molar-refractivity contribution in [1.29, 1.82) is 0 Å². The number of allylic oxidation sites excluding steroid dienone is 5. The topological polar surface area (TPSA) is 17.3 Å². The zero-order chi connectivity index (χ0) is 42.3. The fourth-order valence-electron chi connectivity index (χ4n) is 11.1. The third kappa shape index (κ3) is 7.12. The molecule has 4 atom stereocenters. The van der Waals surface area contributed by atoms with Gasteiger partial charge in [0.25, 0.3) is 0 Å². The maximum Gasteiger partial charge on any atom is 0.0817 e. The molecule has 2 heterocycles. The molecule has 1 aliphatic heterocycles. The van der Waals surface area contributed by atoms with Gasteiger partial charge < -0.3 is 4.57 Å². The predicted molar refractivity (Wildman–Crippen MR) is 267 cm³/mol. The highest BCUT2D eigenvalue weighted by Gasteiger charge is 2.36. The molecular formula is C61H54N2. The Balaban J connectivity index is 1.09. The highest BCUT2D eigenvalue weighted by atomic mass is 15.0. The minimum Gasteiger partial charge on any atom is -0.309 e. The first-order chi connectivity index (χ1) is 31.1. The minimum atomic E-state index is -0.0101. The van der Waals surface area contributed by atoms with Crippen LogP contribution in [0.3, 0.4) is 0 Å². The standard InChI is InChI=1S/C61H54N2/c1-3-50-52(36-30-41(2)59(62-60(50)46-23-11-6-12-24-46)47-33-31-44(32-34-47)42-18-7-4-8-19-42)53-37-35-45-22-13-14-27-51(45)58-55(53)38-39-56-54-28-15-16-29-57(54)63(61(56)58)49-26-17-25-48(40-49)43-20-9-5-10-21-43/h4,6-9,11-29,31-34,36,38-41,50,53,60H,3,5,10,30,35,37H2,1-2H3/b52-36-,62-59+. The molecule has 0 saturated carbocycles. The second kappa shape index (κ2) is 16.8. The van der Waals surface area contributed by atoms with Crippen LogP contribution in [0.2, 0.25) is 0 Å². The van der Waals surface area contributed by atoms with Gasteiger partial charge >= 0.3 is 0 Å². The van der Waals surface area contributed by atoms with Crippen LogP contribution in [0, 0.1) is 11.8 Å². The number of para-hydroxylation sites is 1. The Morgan fingerprint density at radius 2 is 1.37 bits per heavy atom. The fourth-order valence-corrected chi connectivity index (χ4v) is 11.1. The Bertz CT molecular complexity index is 3090. The second-order valence-corrected chi connectivity index (χ2v) is 17.9. The lowest BCUT2D eigenvalue weighted by molar-refractivity contribution is 0.440. The average Bonchev–Trinajstić information content (AvgIpc) is 3.59. The van der Waals surface area contributed by atoms with Crippen LogP contribution in [0.25, 0.3) is 55.3 Å². The number of rotatable bonds is 7. The molecule has 8 aromatic rings. The van der Waals surface area contributed by atoms with Crippen molar-refractivity contribution >= 4 is 33.1 Å². The Hall–Kier alpha value is -6.77. The van der Waals surface area contributed by atoms with E-state index < -0.39 is 0 Å². The van der Waals surface area contributed by atoms with Crippen molar-refractivity contribution in [3.05, 3.63) is 228 Å². The first-order valence-corrected chi connectivity index (χ1v) is 23.2. The third-order valence-corrected chi connectivity index (χ3v) is 14.2.